The van der Waals surface area contributed by atoms with Crippen molar-refractivity contribution in [2.75, 3.05) is 0 Å². The zero-order chi connectivity index (χ0) is 4.99. The summed E-state index contributed by atoms with van der Waals surface area (Å²) in [5.41, 5.74) is 0. The van der Waals surface area contributed by atoms with Gasteiger partial charge in [-0.25, -0.2) is 0 Å². The van der Waals surface area contributed by atoms with E-state index in [9.17, 15) is 0 Å². The summed E-state index contributed by atoms with van der Waals surface area (Å²) in [5.74, 6) is 0. The maximum atomic E-state index is 4.63. The van der Waals surface area contributed by atoms with Gasteiger partial charge in [-0.15, -0.1) is 0 Å². The van der Waals surface area contributed by atoms with Crippen LogP contribution in [0.15, 0.2) is 0 Å². The van der Waals surface area contributed by atoms with Crippen molar-refractivity contribution >= 4 is 25.3 Å². The van der Waals surface area contributed by atoms with Crippen molar-refractivity contribution in [1.29, 1.82) is 0 Å². The van der Waals surface area contributed by atoms with Crippen molar-refractivity contribution < 1.29 is 4.65 Å². The van der Waals surface area contributed by atoms with Gasteiger partial charge in [0, 0.05) is 6.42 Å². The molecule has 3 heteroatoms. The molecule has 0 amide bonds. The fraction of sp³-hybridized carbons (Fsp3) is 0.667. The molecular weight excluding hydrogens is 94.9 g/mol. The molecule has 0 N–H and O–H groups in total. The molecule has 0 rings (SSSR count). The maximum Gasteiger partial charge on any atom is 0.322 e. The van der Waals surface area contributed by atoms with Crippen LogP contribution in [0.2, 0.25) is 0 Å². The van der Waals surface area contributed by atoms with E-state index < -0.39 is 0 Å². The molecule has 0 aromatic heterocycles. The van der Waals surface area contributed by atoms with Gasteiger partial charge in [-0.3, -0.25) is 0 Å². The lowest BCUT2D eigenvalue weighted by Crippen LogP contribution is -1.93. The summed E-state index contributed by atoms with van der Waals surface area (Å²) in [6.45, 7) is 1.96. The molecule has 0 unspecified atom stereocenters. The fourth-order valence-electron chi connectivity index (χ4n) is 0.144. The van der Waals surface area contributed by atoms with E-state index in [1.807, 2.05) is 6.92 Å². The Morgan fingerprint density at radius 2 is 2.50 bits per heavy atom. The smallest absolute Gasteiger partial charge is 0.322 e. The van der Waals surface area contributed by atoms with Gasteiger partial charge in [0.1, 0.15) is 5.05 Å². The van der Waals surface area contributed by atoms with E-state index in [1.54, 1.807) is 8.05 Å². The van der Waals surface area contributed by atoms with Gasteiger partial charge in [0.05, 0.1) is 0 Å². The summed E-state index contributed by atoms with van der Waals surface area (Å²) >= 11 is 4.63. The zero-order valence-corrected chi connectivity index (χ0v) is 4.84. The molecular formula is C3H7BOS. The van der Waals surface area contributed by atoms with Gasteiger partial charge in [0.2, 0.25) is 0 Å². The molecule has 0 radical (unpaired) electrons. The molecule has 6 heavy (non-hydrogen) atoms. The van der Waals surface area contributed by atoms with Gasteiger partial charge in [0.25, 0.3) is 0 Å². The van der Waals surface area contributed by atoms with Crippen LogP contribution in [-0.2, 0) is 4.65 Å². The van der Waals surface area contributed by atoms with Crippen molar-refractivity contribution in [3.63, 3.8) is 0 Å². The van der Waals surface area contributed by atoms with E-state index in [0.29, 0.717) is 5.05 Å². The third-order valence-electron chi connectivity index (χ3n) is 0.516. The summed E-state index contributed by atoms with van der Waals surface area (Å²) in [7, 11) is 1.59. The molecule has 0 aliphatic heterocycles. The average Bonchev–Trinajstić information content (AvgIpc) is 1.65. The predicted molar refractivity (Wildman–Crippen MR) is 32.5 cm³/mol. The van der Waals surface area contributed by atoms with Gasteiger partial charge in [-0.05, 0) is 12.2 Å². The first kappa shape index (κ1) is 5.95. The Labute approximate surface area is 44.1 Å². The molecule has 0 spiro atoms. The van der Waals surface area contributed by atoms with Gasteiger partial charge in [0.15, 0.2) is 0 Å². The highest BCUT2D eigenvalue weighted by atomic mass is 32.1. The lowest BCUT2D eigenvalue weighted by atomic mass is 10.5. The summed E-state index contributed by atoms with van der Waals surface area (Å²) in [4.78, 5) is 0. The Bertz CT molecular complexity index is 48.8. The molecule has 0 saturated heterocycles. The standard InChI is InChI=1S/C3H7BOS/c1-2-3(6)5-4/h2,4H2,1H3. The van der Waals surface area contributed by atoms with Crippen LogP contribution in [0.3, 0.4) is 0 Å². The summed E-state index contributed by atoms with van der Waals surface area (Å²) in [6, 6.07) is 0. The molecule has 0 bridgehead atoms. The quantitative estimate of drug-likeness (QED) is 0.347. The first-order chi connectivity index (χ1) is 2.81. The first-order valence-electron chi connectivity index (χ1n) is 1.88. The van der Waals surface area contributed by atoms with Crippen molar-refractivity contribution in [1.82, 2.24) is 0 Å². The van der Waals surface area contributed by atoms with Crippen LogP contribution in [0.25, 0.3) is 0 Å². The highest BCUT2D eigenvalue weighted by Gasteiger charge is 1.80. The predicted octanol–water partition coefficient (Wildman–Crippen LogP) is 0.288. The second kappa shape index (κ2) is 3.16. The molecule has 0 saturated carbocycles. The number of thiocarbonyl (C=S) groups is 1. The van der Waals surface area contributed by atoms with E-state index in [1.165, 1.54) is 0 Å². The third-order valence-corrected chi connectivity index (χ3v) is 0.972. The van der Waals surface area contributed by atoms with Crippen molar-refractivity contribution in [3.8, 4) is 0 Å². The molecule has 0 heterocycles. The molecule has 0 fully saturated rings. The van der Waals surface area contributed by atoms with Crippen LogP contribution >= 0.6 is 12.2 Å². The van der Waals surface area contributed by atoms with Crippen molar-refractivity contribution in [2.45, 2.75) is 13.3 Å². The van der Waals surface area contributed by atoms with E-state index in [2.05, 4.69) is 16.9 Å². The Kier molecular flexibility index (Phi) is 3.13. The molecule has 0 aliphatic rings. The molecule has 0 aromatic carbocycles. The monoisotopic (exact) mass is 102 g/mol. The number of rotatable bonds is 1. The zero-order valence-electron chi connectivity index (χ0n) is 4.02. The maximum absolute atomic E-state index is 4.63. The summed E-state index contributed by atoms with van der Waals surface area (Å²) in [6.07, 6.45) is 0.839. The first-order valence-corrected chi connectivity index (χ1v) is 2.29. The van der Waals surface area contributed by atoms with Crippen LogP contribution in [0.5, 0.6) is 0 Å². The lowest BCUT2D eigenvalue weighted by molar-refractivity contribution is 0.612. The number of hydrogen-bond donors (Lipinski definition) is 0. The highest BCUT2D eigenvalue weighted by Crippen LogP contribution is 1.81. The minimum atomic E-state index is 0.676. The fourth-order valence-corrected chi connectivity index (χ4v) is 0.144. The normalized spacial score (nSPS) is 7.50. The van der Waals surface area contributed by atoms with Crippen LogP contribution in [0.1, 0.15) is 13.3 Å². The van der Waals surface area contributed by atoms with Gasteiger partial charge >= 0.3 is 8.05 Å². The van der Waals surface area contributed by atoms with Crippen LogP contribution < -0.4 is 0 Å². The second-order valence-corrected chi connectivity index (χ2v) is 1.39. The lowest BCUT2D eigenvalue weighted by Gasteiger charge is -1.93. The van der Waals surface area contributed by atoms with Gasteiger partial charge in [-0.2, -0.15) is 0 Å². The van der Waals surface area contributed by atoms with Gasteiger partial charge in [-0.1, -0.05) is 6.92 Å². The summed E-state index contributed by atoms with van der Waals surface area (Å²) < 4.78 is 4.63. The van der Waals surface area contributed by atoms with E-state index in [0.717, 1.165) is 6.42 Å². The minimum absolute atomic E-state index is 0.676. The highest BCUT2D eigenvalue weighted by molar-refractivity contribution is 7.80. The average molecular weight is 102 g/mol. The van der Waals surface area contributed by atoms with E-state index >= 15 is 0 Å². The Morgan fingerprint density at radius 1 is 2.00 bits per heavy atom. The number of hydrogen-bond acceptors (Lipinski definition) is 2. The van der Waals surface area contributed by atoms with Gasteiger partial charge < -0.3 is 4.65 Å². The van der Waals surface area contributed by atoms with Crippen molar-refractivity contribution in [3.05, 3.63) is 0 Å². The molecule has 1 nitrogen and oxygen atoms in total. The molecule has 0 aromatic rings. The topological polar surface area (TPSA) is 9.23 Å². The third kappa shape index (κ3) is 2.21. The molecule has 0 atom stereocenters. The van der Waals surface area contributed by atoms with E-state index in [4.69, 9.17) is 0 Å². The Morgan fingerprint density at radius 3 is 2.50 bits per heavy atom. The second-order valence-electron chi connectivity index (χ2n) is 0.930. The molecule has 34 valence electrons. The van der Waals surface area contributed by atoms with Crippen molar-refractivity contribution in [2.24, 2.45) is 0 Å². The summed E-state index contributed by atoms with van der Waals surface area (Å²) in [5, 5.41) is 0.676. The largest absolute Gasteiger partial charge is 0.563 e. The van der Waals surface area contributed by atoms with Crippen LogP contribution in [-0.4, -0.2) is 13.1 Å². The Hall–Kier alpha value is -0.0451. The molecule has 0 aliphatic carbocycles. The van der Waals surface area contributed by atoms with E-state index in [-0.39, 0.29) is 0 Å². The SMILES string of the molecule is BOC(=S)CC. The minimum Gasteiger partial charge on any atom is -0.563 e. The van der Waals surface area contributed by atoms with Crippen LogP contribution in [0.4, 0.5) is 0 Å². The Balaban J connectivity index is 2.99. The van der Waals surface area contributed by atoms with Crippen LogP contribution in [0, 0.1) is 0 Å².